The normalized spacial score (nSPS) is 11.4. The summed E-state index contributed by atoms with van der Waals surface area (Å²) in [7, 11) is 2.74. The van der Waals surface area contributed by atoms with Crippen LogP contribution in [-0.2, 0) is 0 Å². The molecule has 0 aromatic heterocycles. The van der Waals surface area contributed by atoms with Crippen molar-refractivity contribution in [1.82, 2.24) is 0 Å². The lowest BCUT2D eigenvalue weighted by atomic mass is 10.3. The standard InChI is InChI=1S/C9H8F3IO2S/c1-14-6-4-8(16-9(10,11)12)7(15-2)3-5(6)13/h3-4H,1-2H3. The van der Waals surface area contributed by atoms with Crippen LogP contribution in [0.25, 0.3) is 0 Å². The van der Waals surface area contributed by atoms with Crippen LogP contribution in [-0.4, -0.2) is 19.7 Å². The summed E-state index contributed by atoms with van der Waals surface area (Å²) in [5, 5.41) is 0. The minimum Gasteiger partial charge on any atom is -0.496 e. The van der Waals surface area contributed by atoms with Gasteiger partial charge in [0.2, 0.25) is 0 Å². The van der Waals surface area contributed by atoms with Crippen LogP contribution in [0, 0.1) is 3.57 Å². The number of benzene rings is 1. The molecule has 0 heterocycles. The number of methoxy groups -OCH3 is 2. The molecule has 0 unspecified atom stereocenters. The Morgan fingerprint density at radius 1 is 1.12 bits per heavy atom. The third-order valence-electron chi connectivity index (χ3n) is 1.66. The second-order valence-corrected chi connectivity index (χ2v) is 4.95. The zero-order valence-corrected chi connectivity index (χ0v) is 11.4. The molecule has 1 aromatic rings. The second kappa shape index (κ2) is 5.35. The Balaban J connectivity index is 3.15. The smallest absolute Gasteiger partial charge is 0.446 e. The molecule has 1 rings (SSSR count). The van der Waals surface area contributed by atoms with Crippen LogP contribution in [0.1, 0.15) is 0 Å². The highest BCUT2D eigenvalue weighted by Gasteiger charge is 2.31. The first-order valence-corrected chi connectivity index (χ1v) is 5.94. The van der Waals surface area contributed by atoms with Crippen LogP contribution in [0.2, 0.25) is 0 Å². The van der Waals surface area contributed by atoms with Gasteiger partial charge in [0, 0.05) is 0 Å². The molecule has 0 fully saturated rings. The highest BCUT2D eigenvalue weighted by Crippen LogP contribution is 2.44. The van der Waals surface area contributed by atoms with Crippen LogP contribution >= 0.6 is 34.4 Å². The van der Waals surface area contributed by atoms with Crippen LogP contribution < -0.4 is 9.47 Å². The Bertz CT molecular complexity index is 382. The van der Waals surface area contributed by atoms with Crippen molar-refractivity contribution >= 4 is 34.4 Å². The van der Waals surface area contributed by atoms with Gasteiger partial charge in [0.15, 0.2) is 0 Å². The Morgan fingerprint density at radius 3 is 2.12 bits per heavy atom. The van der Waals surface area contributed by atoms with E-state index in [0.717, 1.165) is 0 Å². The fraction of sp³-hybridized carbons (Fsp3) is 0.333. The number of rotatable bonds is 3. The third-order valence-corrected chi connectivity index (χ3v) is 3.28. The maximum absolute atomic E-state index is 12.3. The molecule has 0 saturated carbocycles. The van der Waals surface area contributed by atoms with E-state index in [0.29, 0.717) is 9.32 Å². The highest BCUT2D eigenvalue weighted by atomic mass is 127. The van der Waals surface area contributed by atoms with E-state index < -0.39 is 5.51 Å². The van der Waals surface area contributed by atoms with Crippen molar-refractivity contribution in [1.29, 1.82) is 0 Å². The van der Waals surface area contributed by atoms with Crippen molar-refractivity contribution in [2.24, 2.45) is 0 Å². The van der Waals surface area contributed by atoms with Gasteiger partial charge in [-0.2, -0.15) is 13.2 Å². The van der Waals surface area contributed by atoms with E-state index in [1.807, 2.05) is 22.6 Å². The number of halogens is 4. The Morgan fingerprint density at radius 2 is 1.69 bits per heavy atom. The van der Waals surface area contributed by atoms with Crippen molar-refractivity contribution < 1.29 is 22.6 Å². The first-order valence-electron chi connectivity index (χ1n) is 4.04. The summed E-state index contributed by atoms with van der Waals surface area (Å²) in [6, 6.07) is 2.83. The first-order chi connectivity index (χ1) is 7.37. The molecule has 0 aliphatic heterocycles. The SMILES string of the molecule is COc1cc(SC(F)(F)F)c(OC)cc1I. The Hall–Kier alpha value is -0.310. The van der Waals surface area contributed by atoms with E-state index in [9.17, 15) is 13.2 Å². The molecule has 0 amide bonds. The maximum atomic E-state index is 12.3. The molecule has 7 heteroatoms. The molecular weight excluding hydrogens is 356 g/mol. The molecule has 0 spiro atoms. The van der Waals surface area contributed by atoms with Crippen LogP contribution in [0.4, 0.5) is 13.2 Å². The molecular formula is C9H8F3IO2S. The summed E-state index contributed by atoms with van der Waals surface area (Å²) in [6.45, 7) is 0. The first kappa shape index (κ1) is 13.8. The van der Waals surface area contributed by atoms with Gasteiger partial charge in [0.05, 0.1) is 22.7 Å². The van der Waals surface area contributed by atoms with Gasteiger partial charge in [-0.3, -0.25) is 0 Å². The fourth-order valence-corrected chi connectivity index (χ4v) is 2.35. The van der Waals surface area contributed by atoms with Gasteiger partial charge in [-0.15, -0.1) is 0 Å². The Kier molecular flexibility index (Phi) is 4.60. The Labute approximate surface area is 109 Å². The third kappa shape index (κ3) is 3.62. The zero-order valence-electron chi connectivity index (χ0n) is 8.39. The predicted molar refractivity (Wildman–Crippen MR) is 64.2 cm³/mol. The lowest BCUT2D eigenvalue weighted by Crippen LogP contribution is -2.01. The number of alkyl halides is 3. The lowest BCUT2D eigenvalue weighted by molar-refractivity contribution is -0.0328. The summed E-state index contributed by atoms with van der Waals surface area (Å²) < 4.78 is 47.3. The van der Waals surface area contributed by atoms with E-state index >= 15 is 0 Å². The van der Waals surface area contributed by atoms with Crippen molar-refractivity contribution in [3.63, 3.8) is 0 Å². The van der Waals surface area contributed by atoms with Crippen LogP contribution in [0.15, 0.2) is 17.0 Å². The summed E-state index contributed by atoms with van der Waals surface area (Å²) in [5.74, 6) is 0.584. The van der Waals surface area contributed by atoms with Gasteiger partial charge < -0.3 is 9.47 Å². The number of thioether (sulfide) groups is 1. The monoisotopic (exact) mass is 364 g/mol. The summed E-state index contributed by atoms with van der Waals surface area (Å²) in [6.07, 6.45) is 0. The van der Waals surface area contributed by atoms with E-state index in [4.69, 9.17) is 9.47 Å². The quantitative estimate of drug-likeness (QED) is 0.599. The molecule has 2 nitrogen and oxygen atoms in total. The second-order valence-electron chi connectivity index (χ2n) is 2.69. The van der Waals surface area contributed by atoms with Crippen molar-refractivity contribution in [3.8, 4) is 11.5 Å². The molecule has 0 bridgehead atoms. The van der Waals surface area contributed by atoms with Gasteiger partial charge in [-0.1, -0.05) is 0 Å². The number of hydrogen-bond donors (Lipinski definition) is 0. The van der Waals surface area contributed by atoms with Gasteiger partial charge in [-0.05, 0) is 46.5 Å². The lowest BCUT2D eigenvalue weighted by Gasteiger charge is -2.12. The average molecular weight is 364 g/mol. The van der Waals surface area contributed by atoms with Crippen LogP contribution in [0.5, 0.6) is 11.5 Å². The molecule has 16 heavy (non-hydrogen) atoms. The fourth-order valence-electron chi connectivity index (χ4n) is 1.04. The number of ether oxygens (including phenoxy) is 2. The van der Waals surface area contributed by atoms with Gasteiger partial charge in [0.1, 0.15) is 11.5 Å². The van der Waals surface area contributed by atoms with Crippen molar-refractivity contribution in [2.75, 3.05) is 14.2 Å². The van der Waals surface area contributed by atoms with Gasteiger partial charge in [0.25, 0.3) is 0 Å². The largest absolute Gasteiger partial charge is 0.496 e. The van der Waals surface area contributed by atoms with Gasteiger partial charge in [-0.25, -0.2) is 0 Å². The molecule has 0 radical (unpaired) electrons. The summed E-state index contributed by atoms with van der Waals surface area (Å²) in [4.78, 5) is -0.00716. The average Bonchev–Trinajstić information content (AvgIpc) is 2.18. The molecule has 0 aliphatic rings. The molecule has 0 N–H and O–H groups in total. The summed E-state index contributed by atoms with van der Waals surface area (Å²) in [5.41, 5.74) is -4.34. The zero-order chi connectivity index (χ0) is 12.3. The molecule has 90 valence electrons. The van der Waals surface area contributed by atoms with Crippen molar-refractivity contribution in [2.45, 2.75) is 10.4 Å². The summed E-state index contributed by atoms with van der Waals surface area (Å²) >= 11 is 1.75. The number of hydrogen-bond acceptors (Lipinski definition) is 3. The van der Waals surface area contributed by atoms with E-state index in [2.05, 4.69) is 0 Å². The highest BCUT2D eigenvalue weighted by molar-refractivity contribution is 14.1. The maximum Gasteiger partial charge on any atom is 0.446 e. The molecule has 0 saturated heterocycles. The molecule has 0 atom stereocenters. The van der Waals surface area contributed by atoms with Gasteiger partial charge >= 0.3 is 5.51 Å². The minimum absolute atomic E-state index is 0.00716. The van der Waals surface area contributed by atoms with Crippen LogP contribution in [0.3, 0.4) is 0 Å². The van der Waals surface area contributed by atoms with E-state index in [-0.39, 0.29) is 22.4 Å². The van der Waals surface area contributed by atoms with Crippen molar-refractivity contribution in [3.05, 3.63) is 15.7 Å². The molecule has 0 aliphatic carbocycles. The minimum atomic E-state index is -4.34. The topological polar surface area (TPSA) is 18.5 Å². The van der Waals surface area contributed by atoms with E-state index in [1.54, 1.807) is 0 Å². The molecule has 1 aromatic carbocycles. The predicted octanol–water partition coefficient (Wildman–Crippen LogP) is 3.92. The van der Waals surface area contributed by atoms with E-state index in [1.165, 1.54) is 26.4 Å².